The van der Waals surface area contributed by atoms with E-state index in [1.165, 1.54) is 0 Å². The van der Waals surface area contributed by atoms with Gasteiger partial charge in [0.1, 0.15) is 0 Å². The minimum atomic E-state index is -3.14. The Hall–Kier alpha value is -0.130. The predicted octanol–water partition coefficient (Wildman–Crippen LogP) is 2.26. The van der Waals surface area contributed by atoms with E-state index < -0.39 is 10.0 Å². The predicted molar refractivity (Wildman–Crippen MR) is 80.7 cm³/mol. The van der Waals surface area contributed by atoms with Gasteiger partial charge in [-0.05, 0) is 44.1 Å². The molecule has 114 valence electrons. The first kappa shape index (κ1) is 16.9. The standard InChI is InChI=1S/C14H30N2O2S/c1-5-10-15-12-6-8-13(9-7-12)16-19(17,18)11-14(2,3)4/h12-13,15-16H,5-11H2,1-4H3. The van der Waals surface area contributed by atoms with Crippen molar-refractivity contribution in [2.24, 2.45) is 5.41 Å². The molecule has 1 aliphatic carbocycles. The van der Waals surface area contributed by atoms with Gasteiger partial charge in [0.05, 0.1) is 5.75 Å². The van der Waals surface area contributed by atoms with Gasteiger partial charge in [-0.3, -0.25) is 0 Å². The summed E-state index contributed by atoms with van der Waals surface area (Å²) in [6.45, 7) is 9.09. The van der Waals surface area contributed by atoms with E-state index in [9.17, 15) is 8.42 Å². The normalized spacial score (nSPS) is 25.5. The molecule has 0 bridgehead atoms. The largest absolute Gasteiger partial charge is 0.314 e. The van der Waals surface area contributed by atoms with E-state index in [1.807, 2.05) is 20.8 Å². The van der Waals surface area contributed by atoms with Gasteiger partial charge in [0.25, 0.3) is 0 Å². The van der Waals surface area contributed by atoms with Crippen molar-refractivity contribution < 1.29 is 8.42 Å². The zero-order valence-electron chi connectivity index (χ0n) is 12.8. The van der Waals surface area contributed by atoms with E-state index in [1.54, 1.807) is 0 Å². The summed E-state index contributed by atoms with van der Waals surface area (Å²) in [6, 6.07) is 0.704. The maximum atomic E-state index is 12.0. The zero-order valence-corrected chi connectivity index (χ0v) is 13.6. The molecule has 0 atom stereocenters. The maximum Gasteiger partial charge on any atom is 0.212 e. The van der Waals surface area contributed by atoms with Crippen LogP contribution in [0.3, 0.4) is 0 Å². The summed E-state index contributed by atoms with van der Waals surface area (Å²) in [4.78, 5) is 0. The van der Waals surface area contributed by atoms with Crippen LogP contribution in [0.1, 0.15) is 59.8 Å². The summed E-state index contributed by atoms with van der Waals surface area (Å²) < 4.78 is 27.0. The van der Waals surface area contributed by atoms with E-state index in [0.29, 0.717) is 6.04 Å². The Morgan fingerprint density at radius 2 is 1.58 bits per heavy atom. The average molecular weight is 290 g/mol. The van der Waals surface area contributed by atoms with Gasteiger partial charge in [-0.1, -0.05) is 27.7 Å². The topological polar surface area (TPSA) is 58.2 Å². The van der Waals surface area contributed by atoms with Crippen LogP contribution < -0.4 is 10.0 Å². The summed E-state index contributed by atoms with van der Waals surface area (Å²) >= 11 is 0. The maximum absolute atomic E-state index is 12.0. The van der Waals surface area contributed by atoms with Gasteiger partial charge in [0, 0.05) is 12.1 Å². The summed E-state index contributed by atoms with van der Waals surface area (Å²) in [7, 11) is -3.14. The lowest BCUT2D eigenvalue weighted by Gasteiger charge is -2.30. The molecule has 1 aliphatic rings. The SMILES string of the molecule is CCCNC1CCC(NS(=O)(=O)CC(C)(C)C)CC1. The Labute approximate surface area is 118 Å². The van der Waals surface area contributed by atoms with Crippen molar-refractivity contribution in [2.75, 3.05) is 12.3 Å². The van der Waals surface area contributed by atoms with Gasteiger partial charge >= 0.3 is 0 Å². The summed E-state index contributed by atoms with van der Waals surface area (Å²) in [5, 5.41) is 3.52. The highest BCUT2D eigenvalue weighted by molar-refractivity contribution is 7.89. The molecule has 0 saturated heterocycles. The van der Waals surface area contributed by atoms with Crippen molar-refractivity contribution >= 4 is 10.0 Å². The molecule has 1 rings (SSSR count). The molecular formula is C14H30N2O2S. The quantitative estimate of drug-likeness (QED) is 0.789. The molecule has 2 N–H and O–H groups in total. The summed E-state index contributed by atoms with van der Waals surface area (Å²) in [5.74, 6) is 0.202. The first-order valence-electron chi connectivity index (χ1n) is 7.45. The van der Waals surface area contributed by atoms with Crippen LogP contribution in [0.5, 0.6) is 0 Å². The van der Waals surface area contributed by atoms with Crippen molar-refractivity contribution in [2.45, 2.75) is 71.9 Å². The molecule has 1 fully saturated rings. The van der Waals surface area contributed by atoms with E-state index >= 15 is 0 Å². The van der Waals surface area contributed by atoms with E-state index in [4.69, 9.17) is 0 Å². The number of nitrogens with one attached hydrogen (secondary N) is 2. The number of hydrogen-bond donors (Lipinski definition) is 2. The highest BCUT2D eigenvalue weighted by atomic mass is 32.2. The van der Waals surface area contributed by atoms with E-state index in [0.717, 1.165) is 38.6 Å². The fourth-order valence-electron chi connectivity index (χ4n) is 2.63. The molecule has 19 heavy (non-hydrogen) atoms. The molecule has 5 heteroatoms. The van der Waals surface area contributed by atoms with Crippen molar-refractivity contribution in [1.82, 2.24) is 10.0 Å². The number of sulfonamides is 1. The van der Waals surface area contributed by atoms with Crippen LogP contribution in [0.25, 0.3) is 0 Å². The van der Waals surface area contributed by atoms with Crippen LogP contribution in [0.4, 0.5) is 0 Å². The van der Waals surface area contributed by atoms with Gasteiger partial charge in [-0.15, -0.1) is 0 Å². The van der Waals surface area contributed by atoms with Crippen LogP contribution in [0, 0.1) is 5.41 Å². The first-order valence-corrected chi connectivity index (χ1v) is 9.10. The lowest BCUT2D eigenvalue weighted by atomic mass is 9.92. The Morgan fingerprint density at radius 1 is 1.05 bits per heavy atom. The lowest BCUT2D eigenvalue weighted by Crippen LogP contribution is -2.44. The van der Waals surface area contributed by atoms with Crippen LogP contribution in [-0.4, -0.2) is 32.8 Å². The fraction of sp³-hybridized carbons (Fsp3) is 1.00. The molecule has 0 aromatic heterocycles. The highest BCUT2D eigenvalue weighted by Gasteiger charge is 2.27. The molecule has 0 unspecified atom stereocenters. The monoisotopic (exact) mass is 290 g/mol. The third-order valence-corrected chi connectivity index (χ3v) is 5.32. The van der Waals surface area contributed by atoms with Crippen LogP contribution >= 0.6 is 0 Å². The lowest BCUT2D eigenvalue weighted by molar-refractivity contribution is 0.328. The Morgan fingerprint density at radius 3 is 2.05 bits per heavy atom. The second-order valence-corrected chi connectivity index (χ2v) is 8.69. The Bertz CT molecular complexity index is 352. The molecule has 0 heterocycles. The highest BCUT2D eigenvalue weighted by Crippen LogP contribution is 2.21. The van der Waals surface area contributed by atoms with Crippen molar-refractivity contribution in [3.05, 3.63) is 0 Å². The third kappa shape index (κ3) is 7.28. The second kappa shape index (κ2) is 7.04. The molecule has 0 radical (unpaired) electrons. The third-order valence-electron chi connectivity index (χ3n) is 3.38. The van der Waals surface area contributed by atoms with Gasteiger partial charge in [0.15, 0.2) is 0 Å². The summed E-state index contributed by atoms with van der Waals surface area (Å²) in [6.07, 6.45) is 5.19. The van der Waals surface area contributed by atoms with Crippen LogP contribution in [0.15, 0.2) is 0 Å². The molecule has 4 nitrogen and oxygen atoms in total. The van der Waals surface area contributed by atoms with Crippen LogP contribution in [0.2, 0.25) is 0 Å². The van der Waals surface area contributed by atoms with E-state index in [-0.39, 0.29) is 17.2 Å². The average Bonchev–Trinajstić information content (AvgIpc) is 2.24. The molecule has 0 amide bonds. The Kier molecular flexibility index (Phi) is 6.27. The number of hydrogen-bond acceptors (Lipinski definition) is 3. The zero-order chi connectivity index (χ0) is 14.5. The minimum absolute atomic E-state index is 0.132. The molecule has 1 saturated carbocycles. The first-order chi connectivity index (χ1) is 8.72. The Balaban J connectivity index is 2.36. The van der Waals surface area contributed by atoms with Gasteiger partial charge in [-0.2, -0.15) is 0 Å². The molecule has 0 spiro atoms. The molecular weight excluding hydrogens is 260 g/mol. The molecule has 0 aromatic carbocycles. The fourth-order valence-corrected chi connectivity index (χ4v) is 4.60. The molecule has 0 aromatic rings. The molecule has 0 aliphatic heterocycles. The van der Waals surface area contributed by atoms with E-state index in [2.05, 4.69) is 17.0 Å². The van der Waals surface area contributed by atoms with Crippen molar-refractivity contribution in [3.8, 4) is 0 Å². The van der Waals surface area contributed by atoms with Crippen molar-refractivity contribution in [3.63, 3.8) is 0 Å². The van der Waals surface area contributed by atoms with Gasteiger partial charge < -0.3 is 5.32 Å². The number of rotatable bonds is 6. The van der Waals surface area contributed by atoms with Crippen molar-refractivity contribution in [1.29, 1.82) is 0 Å². The van der Waals surface area contributed by atoms with Gasteiger partial charge in [-0.25, -0.2) is 13.1 Å². The smallest absolute Gasteiger partial charge is 0.212 e. The minimum Gasteiger partial charge on any atom is -0.314 e. The van der Waals surface area contributed by atoms with Gasteiger partial charge in [0.2, 0.25) is 10.0 Å². The van der Waals surface area contributed by atoms with Crippen LogP contribution in [-0.2, 0) is 10.0 Å². The second-order valence-electron chi connectivity index (χ2n) is 6.94. The summed E-state index contributed by atoms with van der Waals surface area (Å²) in [5.41, 5.74) is -0.189.